The number of nitrogens with one attached hydrogen (secondary N) is 1. The molecule has 4 aromatic rings. The Kier molecular flexibility index (Phi) is 8.50. The van der Waals surface area contributed by atoms with E-state index in [0.29, 0.717) is 18.5 Å². The lowest BCUT2D eigenvalue weighted by molar-refractivity contribution is -0.124. The number of amides is 1. The molecule has 212 valence electrons. The summed E-state index contributed by atoms with van der Waals surface area (Å²) in [6, 6.07) is 2.94. The average molecular weight is 563 g/mol. The number of halogens is 5. The topological polar surface area (TPSA) is 108 Å². The number of hydrogen-bond donors (Lipinski definition) is 2. The van der Waals surface area contributed by atoms with E-state index in [2.05, 4.69) is 20.4 Å². The van der Waals surface area contributed by atoms with E-state index in [4.69, 9.17) is 10.5 Å². The lowest BCUT2D eigenvalue weighted by atomic mass is 9.97. The highest BCUT2D eigenvalue weighted by Gasteiger charge is 2.27. The maximum absolute atomic E-state index is 15.4. The lowest BCUT2D eigenvalue weighted by Crippen LogP contribution is -2.28. The first-order valence-corrected chi connectivity index (χ1v) is 12.6. The molecule has 4 rings (SSSR count). The molecule has 0 spiro atoms. The predicted molar refractivity (Wildman–Crippen MR) is 138 cm³/mol. The highest BCUT2D eigenvalue weighted by Crippen LogP contribution is 2.38. The van der Waals surface area contributed by atoms with Gasteiger partial charge in [-0.15, -0.1) is 0 Å². The number of carbonyl (C=O) groups is 1. The van der Waals surface area contributed by atoms with Crippen LogP contribution in [0.5, 0.6) is 11.5 Å². The van der Waals surface area contributed by atoms with Crippen LogP contribution in [-0.2, 0) is 4.79 Å². The highest BCUT2D eigenvalue weighted by atomic mass is 19.2. The molecule has 0 bridgehead atoms. The fourth-order valence-corrected chi connectivity index (χ4v) is 4.49. The lowest BCUT2D eigenvalue weighted by Gasteiger charge is -2.21. The molecule has 2 aromatic heterocycles. The summed E-state index contributed by atoms with van der Waals surface area (Å²) in [4.78, 5) is 20.6. The molecule has 40 heavy (non-hydrogen) atoms. The van der Waals surface area contributed by atoms with E-state index in [1.54, 1.807) is 18.7 Å². The zero-order valence-corrected chi connectivity index (χ0v) is 21.9. The molecule has 2 atom stereocenters. The van der Waals surface area contributed by atoms with Gasteiger partial charge in [0.05, 0.1) is 11.4 Å². The number of unbranched alkanes of at least 4 members (excludes halogenated alkanes) is 1. The maximum Gasteiger partial charge on any atom is 0.222 e. The Morgan fingerprint density at radius 2 is 1.77 bits per heavy atom. The summed E-state index contributed by atoms with van der Waals surface area (Å²) >= 11 is 0. The van der Waals surface area contributed by atoms with Crippen LogP contribution in [0.1, 0.15) is 45.6 Å². The third-order valence-electron chi connectivity index (χ3n) is 6.56. The minimum absolute atomic E-state index is 0.0400. The molecule has 2 aromatic carbocycles. The zero-order chi connectivity index (χ0) is 29.1. The molecule has 0 aliphatic carbocycles. The monoisotopic (exact) mass is 562 g/mol. The maximum atomic E-state index is 15.4. The second-order valence-corrected chi connectivity index (χ2v) is 9.34. The Balaban J connectivity index is 1.78. The minimum Gasteiger partial charge on any atom is -0.451 e. The molecular formula is C27H27F5N6O2. The van der Waals surface area contributed by atoms with E-state index in [9.17, 15) is 22.4 Å². The van der Waals surface area contributed by atoms with E-state index in [1.807, 2.05) is 6.92 Å². The van der Waals surface area contributed by atoms with Gasteiger partial charge in [-0.3, -0.25) is 4.79 Å². The summed E-state index contributed by atoms with van der Waals surface area (Å²) in [6.45, 7) is 3.82. The number of anilines is 1. The summed E-state index contributed by atoms with van der Waals surface area (Å²) in [6.07, 6.45) is 4.06. The van der Waals surface area contributed by atoms with Gasteiger partial charge >= 0.3 is 0 Å². The van der Waals surface area contributed by atoms with E-state index >= 15 is 4.39 Å². The van der Waals surface area contributed by atoms with Gasteiger partial charge < -0.3 is 15.8 Å². The molecule has 1 unspecified atom stereocenters. The van der Waals surface area contributed by atoms with Gasteiger partial charge in [0.1, 0.15) is 29.4 Å². The average Bonchev–Trinajstić information content (AvgIpc) is 3.32. The van der Waals surface area contributed by atoms with E-state index in [1.165, 1.54) is 12.4 Å². The van der Waals surface area contributed by atoms with E-state index < -0.39 is 40.6 Å². The van der Waals surface area contributed by atoms with Crippen LogP contribution in [0.4, 0.5) is 27.8 Å². The number of carbonyl (C=O) groups excluding carboxylic acids is 1. The summed E-state index contributed by atoms with van der Waals surface area (Å²) < 4.78 is 77.3. The second kappa shape index (κ2) is 11.8. The van der Waals surface area contributed by atoms with Gasteiger partial charge in [-0.2, -0.15) is 13.9 Å². The molecule has 3 N–H and O–H groups in total. The number of rotatable bonds is 10. The molecule has 8 nitrogen and oxygen atoms in total. The predicted octanol–water partition coefficient (Wildman–Crippen LogP) is 6.07. The molecule has 0 aliphatic heterocycles. The van der Waals surface area contributed by atoms with Crippen molar-refractivity contribution < 1.29 is 31.5 Å². The largest absolute Gasteiger partial charge is 0.451 e. The van der Waals surface area contributed by atoms with Crippen LogP contribution in [0.15, 0.2) is 30.6 Å². The van der Waals surface area contributed by atoms with Crippen LogP contribution in [0.3, 0.4) is 0 Å². The first-order valence-electron chi connectivity index (χ1n) is 12.6. The number of ether oxygens (including phenoxy) is 1. The van der Waals surface area contributed by atoms with Crippen molar-refractivity contribution in [3.05, 3.63) is 59.7 Å². The molecule has 2 heterocycles. The summed E-state index contributed by atoms with van der Waals surface area (Å²) in [5.41, 5.74) is 6.53. The molecule has 0 radical (unpaired) electrons. The van der Waals surface area contributed by atoms with Gasteiger partial charge in [0.25, 0.3) is 0 Å². The number of nitrogen functional groups attached to an aromatic ring is 1. The van der Waals surface area contributed by atoms with Crippen LogP contribution in [-0.4, -0.2) is 32.7 Å². The standard InChI is InChI=1S/C27H27F5N6O2/c1-4-5-6-14(9-13(2)27(39)34-3)38-26-20(25(33)35-12-36-26)23(37-38)16-8-7-15(10-17(16)28)40-24-21(31)18(29)11-19(30)22(24)32/h7-8,10-14H,4-6,9H2,1-3H3,(H,34,39)(H2,33,35,36)/t13-,14?/m0/s1. The molecule has 0 saturated heterocycles. The van der Waals surface area contributed by atoms with Gasteiger partial charge in [-0.05, 0) is 25.0 Å². The quantitative estimate of drug-likeness (QED) is 0.180. The van der Waals surface area contributed by atoms with Crippen LogP contribution in [0.2, 0.25) is 0 Å². The van der Waals surface area contributed by atoms with Crippen molar-refractivity contribution in [3.63, 3.8) is 0 Å². The van der Waals surface area contributed by atoms with Gasteiger partial charge in [-0.1, -0.05) is 26.7 Å². The van der Waals surface area contributed by atoms with Gasteiger partial charge in [0, 0.05) is 30.7 Å². The van der Waals surface area contributed by atoms with Gasteiger partial charge in [0.2, 0.25) is 23.3 Å². The number of fused-ring (bicyclic) bond motifs is 1. The van der Waals surface area contributed by atoms with Crippen LogP contribution < -0.4 is 15.8 Å². The Labute approximate surface area is 226 Å². The summed E-state index contributed by atoms with van der Waals surface area (Å²) in [7, 11) is 1.55. The minimum atomic E-state index is -1.76. The van der Waals surface area contributed by atoms with E-state index in [0.717, 1.165) is 25.0 Å². The fraction of sp³-hybridized carbons (Fsp3) is 0.333. The van der Waals surface area contributed by atoms with Crippen molar-refractivity contribution in [1.29, 1.82) is 0 Å². The number of hydrogen-bond acceptors (Lipinski definition) is 6. The first-order chi connectivity index (χ1) is 19.1. The molecule has 0 saturated carbocycles. The van der Waals surface area contributed by atoms with Gasteiger partial charge in [0.15, 0.2) is 17.3 Å². The normalized spacial score (nSPS) is 12.9. The highest BCUT2D eigenvalue weighted by molar-refractivity contribution is 5.98. The Bertz CT molecular complexity index is 1530. The Hall–Kier alpha value is -4.29. The SMILES string of the molecule is CCCCC(C[C@H](C)C(=O)NC)n1nc(-c2ccc(Oc3c(F)c(F)cc(F)c3F)cc2F)c2c(N)ncnc21. The molecule has 13 heteroatoms. The number of benzene rings is 2. The number of aromatic nitrogens is 4. The zero-order valence-electron chi connectivity index (χ0n) is 21.9. The van der Waals surface area contributed by atoms with Crippen molar-refractivity contribution in [2.75, 3.05) is 12.8 Å². The van der Waals surface area contributed by atoms with Crippen LogP contribution >= 0.6 is 0 Å². The van der Waals surface area contributed by atoms with Crippen molar-refractivity contribution >= 4 is 22.8 Å². The third kappa shape index (κ3) is 5.54. The number of nitrogens with zero attached hydrogens (tertiary/aromatic N) is 4. The van der Waals surface area contributed by atoms with Crippen molar-refractivity contribution in [1.82, 2.24) is 25.1 Å². The number of nitrogens with two attached hydrogens (primary N) is 1. The second-order valence-electron chi connectivity index (χ2n) is 9.34. The van der Waals surface area contributed by atoms with Crippen molar-refractivity contribution in [3.8, 4) is 22.8 Å². The van der Waals surface area contributed by atoms with Crippen LogP contribution in [0, 0.1) is 35.0 Å². The van der Waals surface area contributed by atoms with Crippen molar-refractivity contribution in [2.24, 2.45) is 5.92 Å². The Morgan fingerprint density at radius 3 is 2.40 bits per heavy atom. The molecule has 0 aliphatic rings. The third-order valence-corrected chi connectivity index (χ3v) is 6.56. The van der Waals surface area contributed by atoms with E-state index in [-0.39, 0.29) is 46.4 Å². The van der Waals surface area contributed by atoms with Gasteiger partial charge in [-0.25, -0.2) is 27.8 Å². The van der Waals surface area contributed by atoms with Crippen LogP contribution in [0.25, 0.3) is 22.3 Å². The Morgan fingerprint density at radius 1 is 1.07 bits per heavy atom. The smallest absolute Gasteiger partial charge is 0.222 e. The summed E-state index contributed by atoms with van der Waals surface area (Å²) in [5, 5.41) is 7.55. The fourth-order valence-electron chi connectivity index (χ4n) is 4.49. The van der Waals surface area contributed by atoms with Crippen molar-refractivity contribution in [2.45, 2.75) is 45.6 Å². The molecular weight excluding hydrogens is 535 g/mol. The molecule has 0 fully saturated rings. The first kappa shape index (κ1) is 28.7. The summed E-state index contributed by atoms with van der Waals surface area (Å²) in [5.74, 6) is -9.99. The molecule has 1 amide bonds.